The average molecular weight is 385 g/mol. The van der Waals surface area contributed by atoms with Gasteiger partial charge in [-0.2, -0.15) is 0 Å². The highest BCUT2D eigenvalue weighted by atomic mass is 16.5. The molecule has 0 N–H and O–H groups in total. The first-order chi connectivity index (χ1) is 14.1. The molecule has 29 heavy (non-hydrogen) atoms. The molecule has 7 heteroatoms. The zero-order valence-electron chi connectivity index (χ0n) is 16.2. The number of imidazole rings is 1. The number of aromatic nitrogens is 4. The number of pyridine rings is 1. The number of hydrogen-bond acceptors (Lipinski definition) is 5. The number of fused-ring (bicyclic) bond motifs is 2. The van der Waals surface area contributed by atoms with Crippen molar-refractivity contribution in [3.05, 3.63) is 60.7 Å². The fourth-order valence-electron chi connectivity index (χ4n) is 3.78. The zero-order valence-corrected chi connectivity index (χ0v) is 16.2. The number of carbonyl (C=O) groups excluding carboxylic acids is 1. The summed E-state index contributed by atoms with van der Waals surface area (Å²) in [6.45, 7) is 4.63. The fraction of sp³-hybridized carbons (Fsp3) is 0.182. The van der Waals surface area contributed by atoms with Gasteiger partial charge in [-0.3, -0.25) is 14.2 Å². The molecule has 0 saturated carbocycles. The largest absolute Gasteiger partial charge is 0.490 e. The molecule has 0 atom stereocenters. The topological polar surface area (TPSA) is 72.6 Å². The van der Waals surface area contributed by atoms with Crippen molar-refractivity contribution in [1.82, 2.24) is 19.4 Å². The van der Waals surface area contributed by atoms with Gasteiger partial charge in [0, 0.05) is 42.8 Å². The third kappa shape index (κ3) is 2.82. The van der Waals surface area contributed by atoms with Crippen LogP contribution in [0.5, 0.6) is 5.75 Å². The van der Waals surface area contributed by atoms with Gasteiger partial charge in [0.15, 0.2) is 0 Å². The Morgan fingerprint density at radius 1 is 1.21 bits per heavy atom. The molecule has 0 bridgehead atoms. The Kier molecular flexibility index (Phi) is 4.01. The minimum Gasteiger partial charge on any atom is -0.490 e. The molecule has 0 aliphatic carbocycles. The number of aryl methyl sites for hydroxylation is 1. The highest BCUT2D eigenvalue weighted by molar-refractivity contribution is 5.95. The van der Waals surface area contributed by atoms with Crippen molar-refractivity contribution >= 4 is 17.4 Å². The minimum absolute atomic E-state index is 0.00595. The van der Waals surface area contributed by atoms with Crippen molar-refractivity contribution in [3.63, 3.8) is 0 Å². The third-order valence-electron chi connectivity index (χ3n) is 5.15. The second-order valence-corrected chi connectivity index (χ2v) is 6.99. The van der Waals surface area contributed by atoms with Crippen LogP contribution in [0, 0.1) is 6.92 Å². The summed E-state index contributed by atoms with van der Waals surface area (Å²) >= 11 is 0. The molecule has 0 spiro atoms. The summed E-state index contributed by atoms with van der Waals surface area (Å²) in [5, 5.41) is 0. The van der Waals surface area contributed by atoms with Gasteiger partial charge in [0.05, 0.1) is 23.6 Å². The Balaban J connectivity index is 1.77. The highest BCUT2D eigenvalue weighted by Crippen LogP contribution is 2.39. The summed E-state index contributed by atoms with van der Waals surface area (Å²) in [7, 11) is 0. The first-order valence-electron chi connectivity index (χ1n) is 9.43. The van der Waals surface area contributed by atoms with E-state index in [-0.39, 0.29) is 5.91 Å². The van der Waals surface area contributed by atoms with E-state index in [0.717, 1.165) is 33.8 Å². The number of amides is 1. The van der Waals surface area contributed by atoms with Gasteiger partial charge in [-0.15, -0.1) is 0 Å². The molecule has 1 aliphatic heterocycles. The summed E-state index contributed by atoms with van der Waals surface area (Å²) in [6.07, 6.45) is 7.30. The normalized spacial score (nSPS) is 13.2. The molecule has 0 fully saturated rings. The van der Waals surface area contributed by atoms with Crippen LogP contribution in [0.1, 0.15) is 12.5 Å². The van der Waals surface area contributed by atoms with Crippen molar-refractivity contribution in [1.29, 1.82) is 0 Å². The summed E-state index contributed by atoms with van der Waals surface area (Å²) in [5.74, 6) is 1.32. The number of rotatable bonds is 2. The molecular weight excluding hydrogens is 366 g/mol. The maximum atomic E-state index is 12.1. The molecule has 1 amide bonds. The van der Waals surface area contributed by atoms with Gasteiger partial charge in [0.1, 0.15) is 12.4 Å². The number of anilines is 1. The Morgan fingerprint density at radius 3 is 2.93 bits per heavy atom. The van der Waals surface area contributed by atoms with E-state index in [2.05, 4.69) is 9.97 Å². The summed E-state index contributed by atoms with van der Waals surface area (Å²) in [4.78, 5) is 27.3. The molecule has 0 unspecified atom stereocenters. The molecule has 4 heterocycles. The van der Waals surface area contributed by atoms with E-state index in [1.807, 2.05) is 54.0 Å². The van der Waals surface area contributed by atoms with E-state index in [0.29, 0.717) is 24.7 Å². The van der Waals surface area contributed by atoms with Crippen LogP contribution in [0.15, 0.2) is 55.1 Å². The Bertz CT molecular complexity index is 1250. The third-order valence-corrected chi connectivity index (χ3v) is 5.15. The number of ether oxygens (including phenoxy) is 1. The first kappa shape index (κ1) is 17.4. The van der Waals surface area contributed by atoms with E-state index in [1.54, 1.807) is 24.2 Å². The van der Waals surface area contributed by atoms with Gasteiger partial charge >= 0.3 is 0 Å². The predicted molar refractivity (Wildman–Crippen MR) is 110 cm³/mol. The number of hydrogen-bond donors (Lipinski definition) is 0. The smallest absolute Gasteiger partial charge is 0.234 e. The second kappa shape index (κ2) is 6.70. The standard InChI is InChI=1S/C22H19N5O2/c1-14-13-23-8-6-17(14)21-20(25-22-24-7-3-9-27(21)22)16-4-5-19-18(12-16)26(15(2)28)10-11-29-19/h3-9,12-13H,10-11H2,1-2H3. The van der Waals surface area contributed by atoms with E-state index in [1.165, 1.54) is 0 Å². The molecular formula is C22H19N5O2. The molecule has 0 saturated heterocycles. The minimum atomic E-state index is -0.00595. The van der Waals surface area contributed by atoms with Crippen molar-refractivity contribution in [2.75, 3.05) is 18.1 Å². The van der Waals surface area contributed by atoms with Crippen LogP contribution >= 0.6 is 0 Å². The summed E-state index contributed by atoms with van der Waals surface area (Å²) in [5.41, 5.74) is 5.49. The van der Waals surface area contributed by atoms with Crippen molar-refractivity contribution in [2.24, 2.45) is 0 Å². The number of nitrogens with zero attached hydrogens (tertiary/aromatic N) is 5. The first-order valence-corrected chi connectivity index (χ1v) is 9.43. The number of carbonyl (C=O) groups is 1. The van der Waals surface area contributed by atoms with Crippen LogP contribution in [0.3, 0.4) is 0 Å². The van der Waals surface area contributed by atoms with Gasteiger partial charge in [-0.1, -0.05) is 0 Å². The van der Waals surface area contributed by atoms with Crippen LogP contribution < -0.4 is 9.64 Å². The monoisotopic (exact) mass is 385 g/mol. The Labute approximate surface area is 167 Å². The zero-order chi connectivity index (χ0) is 20.0. The summed E-state index contributed by atoms with van der Waals surface area (Å²) in [6, 6.07) is 9.72. The quantitative estimate of drug-likeness (QED) is 0.528. The molecule has 144 valence electrons. The molecule has 1 aromatic carbocycles. The molecule has 4 aromatic rings. The fourth-order valence-corrected chi connectivity index (χ4v) is 3.78. The van der Waals surface area contributed by atoms with Gasteiger partial charge in [-0.05, 0) is 42.8 Å². The lowest BCUT2D eigenvalue weighted by Gasteiger charge is -2.29. The van der Waals surface area contributed by atoms with Crippen molar-refractivity contribution in [3.8, 4) is 28.3 Å². The van der Waals surface area contributed by atoms with Gasteiger partial charge in [-0.25, -0.2) is 9.97 Å². The van der Waals surface area contributed by atoms with Crippen molar-refractivity contribution in [2.45, 2.75) is 13.8 Å². The van der Waals surface area contributed by atoms with Crippen molar-refractivity contribution < 1.29 is 9.53 Å². The SMILES string of the molecule is CC(=O)N1CCOc2ccc(-c3nc4ncccn4c3-c3ccncc3C)cc21. The molecule has 3 aromatic heterocycles. The maximum Gasteiger partial charge on any atom is 0.234 e. The van der Waals surface area contributed by atoms with Crippen LogP contribution in [-0.2, 0) is 4.79 Å². The second-order valence-electron chi connectivity index (χ2n) is 6.99. The summed E-state index contributed by atoms with van der Waals surface area (Å²) < 4.78 is 7.73. The average Bonchev–Trinajstić information content (AvgIpc) is 3.12. The molecule has 1 aliphatic rings. The maximum absolute atomic E-state index is 12.1. The van der Waals surface area contributed by atoms with Gasteiger partial charge < -0.3 is 9.64 Å². The molecule has 7 nitrogen and oxygen atoms in total. The van der Waals surface area contributed by atoms with E-state index in [9.17, 15) is 4.79 Å². The Hall–Kier alpha value is -3.74. The van der Waals surface area contributed by atoms with Gasteiger partial charge in [0.2, 0.25) is 11.7 Å². The van der Waals surface area contributed by atoms with Crippen LogP contribution in [0.4, 0.5) is 5.69 Å². The lowest BCUT2D eigenvalue weighted by Crippen LogP contribution is -2.36. The van der Waals surface area contributed by atoms with E-state index in [4.69, 9.17) is 9.72 Å². The predicted octanol–water partition coefficient (Wildman–Crippen LogP) is 3.51. The Morgan fingerprint density at radius 2 is 2.10 bits per heavy atom. The molecule has 5 rings (SSSR count). The van der Waals surface area contributed by atoms with Crippen LogP contribution in [-0.4, -0.2) is 38.4 Å². The molecule has 0 radical (unpaired) electrons. The van der Waals surface area contributed by atoms with E-state index >= 15 is 0 Å². The highest BCUT2D eigenvalue weighted by Gasteiger charge is 2.24. The lowest BCUT2D eigenvalue weighted by molar-refractivity contribution is -0.116. The van der Waals surface area contributed by atoms with Crippen LogP contribution in [0.2, 0.25) is 0 Å². The number of benzene rings is 1. The van der Waals surface area contributed by atoms with Crippen LogP contribution in [0.25, 0.3) is 28.3 Å². The van der Waals surface area contributed by atoms with E-state index < -0.39 is 0 Å². The lowest BCUT2D eigenvalue weighted by atomic mass is 10.0. The van der Waals surface area contributed by atoms with Gasteiger partial charge in [0.25, 0.3) is 0 Å².